The van der Waals surface area contributed by atoms with Gasteiger partial charge in [0.05, 0.1) is 0 Å². The van der Waals surface area contributed by atoms with Gasteiger partial charge in [0, 0.05) is 21.5 Å². The first-order chi connectivity index (χ1) is 10.6. The molecular weight excluding hydrogens is 284 g/mol. The number of fused-ring (bicyclic) bond motifs is 3. The van der Waals surface area contributed by atoms with Gasteiger partial charge in [0.15, 0.2) is 0 Å². The van der Waals surface area contributed by atoms with E-state index in [0.717, 1.165) is 0 Å². The van der Waals surface area contributed by atoms with Crippen LogP contribution < -0.4 is 0 Å². The van der Waals surface area contributed by atoms with E-state index in [9.17, 15) is 0 Å². The zero-order chi connectivity index (χ0) is 15.3. The molecule has 0 nitrogen and oxygen atoms in total. The van der Waals surface area contributed by atoms with Crippen molar-refractivity contribution in [3.8, 4) is 0 Å². The number of allylic oxidation sites excluding steroid dienone is 2. The van der Waals surface area contributed by atoms with Gasteiger partial charge in [0.25, 0.3) is 0 Å². The second kappa shape index (κ2) is 5.03. The molecule has 0 N–H and O–H groups in total. The Bertz CT molecular complexity index is 731. The Hall–Kier alpha value is -1.47. The largest absolute Gasteiger partial charge is 0.118 e. The highest BCUT2D eigenvalue weighted by molar-refractivity contribution is 8.01. The van der Waals surface area contributed by atoms with Gasteiger partial charge in [-0.3, -0.25) is 0 Å². The maximum Gasteiger partial charge on any atom is 0.0317 e. The summed E-state index contributed by atoms with van der Waals surface area (Å²) >= 11 is 2.09. The van der Waals surface area contributed by atoms with E-state index in [1.54, 1.807) is 5.56 Å². The zero-order valence-electron chi connectivity index (χ0n) is 13.4. The predicted molar refractivity (Wildman–Crippen MR) is 95.7 cm³/mol. The summed E-state index contributed by atoms with van der Waals surface area (Å²) < 4.78 is 0.254. The van der Waals surface area contributed by atoms with Crippen LogP contribution in [0.1, 0.15) is 42.4 Å². The lowest BCUT2D eigenvalue weighted by Gasteiger charge is -2.43. The number of thioether (sulfide) groups is 1. The molecule has 2 aromatic carbocycles. The first-order valence-electron chi connectivity index (χ1n) is 8.13. The predicted octanol–water partition coefficient (Wildman–Crippen LogP) is 5.93. The average Bonchev–Trinajstić information content (AvgIpc) is 2.84. The first-order valence-corrected chi connectivity index (χ1v) is 8.94. The first kappa shape index (κ1) is 14.1. The van der Waals surface area contributed by atoms with Gasteiger partial charge >= 0.3 is 0 Å². The van der Waals surface area contributed by atoms with Gasteiger partial charge in [-0.15, -0.1) is 11.8 Å². The van der Waals surface area contributed by atoms with Crippen LogP contribution in [0.2, 0.25) is 0 Å². The Balaban J connectivity index is 1.80. The van der Waals surface area contributed by atoms with Crippen LogP contribution in [0, 0.1) is 12.8 Å². The highest BCUT2D eigenvalue weighted by Crippen LogP contribution is 2.62. The summed E-state index contributed by atoms with van der Waals surface area (Å²) in [6.45, 7) is 7.15. The Labute approximate surface area is 137 Å². The Morgan fingerprint density at radius 3 is 2.50 bits per heavy atom. The van der Waals surface area contributed by atoms with Crippen LogP contribution in [0.5, 0.6) is 0 Å². The number of hydrogen-bond donors (Lipinski definition) is 0. The van der Waals surface area contributed by atoms with Crippen LogP contribution in [0.25, 0.3) is 0 Å². The molecule has 1 aliphatic carbocycles. The molecule has 2 aromatic rings. The SMILES string of the molecule is Cc1cccc2c1C1C=CC(c3ccccc3)C(C)C1(C)S2. The van der Waals surface area contributed by atoms with Crippen molar-refractivity contribution in [1.29, 1.82) is 0 Å². The molecular formula is C21H22S. The fourth-order valence-electron chi connectivity index (χ4n) is 4.22. The third-order valence-corrected chi connectivity index (χ3v) is 7.32. The lowest BCUT2D eigenvalue weighted by molar-refractivity contribution is 0.357. The van der Waals surface area contributed by atoms with Crippen molar-refractivity contribution < 1.29 is 0 Å². The van der Waals surface area contributed by atoms with Crippen molar-refractivity contribution in [2.75, 3.05) is 0 Å². The zero-order valence-corrected chi connectivity index (χ0v) is 14.2. The summed E-state index contributed by atoms with van der Waals surface area (Å²) in [5.41, 5.74) is 4.44. The molecule has 112 valence electrons. The summed E-state index contributed by atoms with van der Waals surface area (Å²) in [5.74, 6) is 1.68. The van der Waals surface area contributed by atoms with E-state index in [0.29, 0.717) is 17.8 Å². The Kier molecular flexibility index (Phi) is 3.23. The van der Waals surface area contributed by atoms with Gasteiger partial charge in [-0.05, 0) is 42.5 Å². The molecule has 1 heterocycles. The van der Waals surface area contributed by atoms with Gasteiger partial charge in [-0.25, -0.2) is 0 Å². The molecule has 0 amide bonds. The van der Waals surface area contributed by atoms with E-state index in [2.05, 4.69) is 93.2 Å². The molecule has 1 heteroatoms. The molecule has 0 bridgehead atoms. The number of hydrogen-bond acceptors (Lipinski definition) is 1. The number of rotatable bonds is 1. The Morgan fingerprint density at radius 1 is 0.955 bits per heavy atom. The van der Waals surface area contributed by atoms with Crippen LogP contribution >= 0.6 is 11.8 Å². The molecule has 0 saturated heterocycles. The number of benzene rings is 2. The van der Waals surface area contributed by atoms with Crippen molar-refractivity contribution in [3.05, 3.63) is 77.4 Å². The van der Waals surface area contributed by atoms with Crippen molar-refractivity contribution in [2.45, 2.75) is 42.2 Å². The molecule has 0 fully saturated rings. The minimum absolute atomic E-state index is 0.254. The van der Waals surface area contributed by atoms with Crippen LogP contribution in [0.15, 0.2) is 65.6 Å². The third-order valence-electron chi connectivity index (χ3n) is 5.68. The van der Waals surface area contributed by atoms with Gasteiger partial charge in [-0.2, -0.15) is 0 Å². The van der Waals surface area contributed by atoms with E-state index in [1.807, 2.05) is 0 Å². The molecule has 4 atom stereocenters. The second-order valence-corrected chi connectivity index (χ2v) is 8.38. The minimum atomic E-state index is 0.254. The van der Waals surface area contributed by atoms with Crippen LogP contribution in [-0.2, 0) is 0 Å². The van der Waals surface area contributed by atoms with Crippen molar-refractivity contribution in [2.24, 2.45) is 5.92 Å². The summed E-state index contributed by atoms with van der Waals surface area (Å²) in [4.78, 5) is 1.48. The average molecular weight is 306 g/mol. The Morgan fingerprint density at radius 2 is 1.73 bits per heavy atom. The maximum atomic E-state index is 2.48. The molecule has 0 aromatic heterocycles. The molecule has 2 aliphatic rings. The lowest BCUT2D eigenvalue weighted by atomic mass is 9.67. The summed E-state index contributed by atoms with van der Waals surface area (Å²) in [6, 6.07) is 17.7. The molecule has 1 aliphatic heterocycles. The van der Waals surface area contributed by atoms with Crippen molar-refractivity contribution in [1.82, 2.24) is 0 Å². The molecule has 0 radical (unpaired) electrons. The minimum Gasteiger partial charge on any atom is -0.118 e. The third kappa shape index (κ3) is 1.91. The van der Waals surface area contributed by atoms with Crippen molar-refractivity contribution in [3.63, 3.8) is 0 Å². The highest BCUT2D eigenvalue weighted by Gasteiger charge is 2.50. The normalized spacial score (nSPS) is 32.6. The fourth-order valence-corrected chi connectivity index (χ4v) is 5.90. The quantitative estimate of drug-likeness (QED) is 0.588. The molecule has 4 rings (SSSR count). The summed E-state index contributed by atoms with van der Waals surface area (Å²) in [7, 11) is 0. The van der Waals surface area contributed by atoms with Gasteiger partial charge in [-0.1, -0.05) is 61.5 Å². The smallest absolute Gasteiger partial charge is 0.0317 e. The molecule has 22 heavy (non-hydrogen) atoms. The van der Waals surface area contributed by atoms with Crippen LogP contribution in [0.3, 0.4) is 0 Å². The lowest BCUT2D eigenvalue weighted by Crippen LogP contribution is -2.38. The van der Waals surface area contributed by atoms with Gasteiger partial charge in [0.2, 0.25) is 0 Å². The van der Waals surface area contributed by atoms with Crippen LogP contribution in [-0.4, -0.2) is 4.75 Å². The molecule has 0 saturated carbocycles. The van der Waals surface area contributed by atoms with Gasteiger partial charge < -0.3 is 0 Å². The number of aryl methyl sites for hydroxylation is 1. The highest BCUT2D eigenvalue weighted by atomic mass is 32.2. The fraction of sp³-hybridized carbons (Fsp3) is 0.333. The summed E-state index contributed by atoms with van der Waals surface area (Å²) in [6.07, 6.45) is 4.93. The van der Waals surface area contributed by atoms with E-state index in [-0.39, 0.29) is 4.75 Å². The summed E-state index contributed by atoms with van der Waals surface area (Å²) in [5, 5.41) is 0. The second-order valence-electron chi connectivity index (χ2n) is 6.86. The van der Waals surface area contributed by atoms with E-state index in [1.165, 1.54) is 16.0 Å². The topological polar surface area (TPSA) is 0 Å². The van der Waals surface area contributed by atoms with Crippen molar-refractivity contribution >= 4 is 11.8 Å². The monoisotopic (exact) mass is 306 g/mol. The molecule has 4 unspecified atom stereocenters. The van der Waals surface area contributed by atoms with E-state index in [4.69, 9.17) is 0 Å². The standard InChI is InChI=1S/C21H22S/c1-14-8-7-11-19-20(14)18-13-12-17(15(2)21(18,3)22-19)16-9-5-4-6-10-16/h4-13,15,17-18H,1-3H3. The van der Waals surface area contributed by atoms with Crippen LogP contribution in [0.4, 0.5) is 0 Å². The maximum absolute atomic E-state index is 2.48. The van der Waals surface area contributed by atoms with E-state index < -0.39 is 0 Å². The van der Waals surface area contributed by atoms with Gasteiger partial charge in [0.1, 0.15) is 0 Å². The molecule has 0 spiro atoms. The van der Waals surface area contributed by atoms with E-state index >= 15 is 0 Å².